The summed E-state index contributed by atoms with van der Waals surface area (Å²) in [6.45, 7) is 6.44. The van der Waals surface area contributed by atoms with Gasteiger partial charge in [-0.1, -0.05) is 0 Å². The van der Waals surface area contributed by atoms with Crippen LogP contribution < -0.4 is 5.73 Å². The topological polar surface area (TPSA) is 43.8 Å². The van der Waals surface area contributed by atoms with Gasteiger partial charge in [-0.05, 0) is 44.5 Å². The van der Waals surface area contributed by atoms with E-state index in [2.05, 4.69) is 36.4 Å². The highest BCUT2D eigenvalue weighted by Crippen LogP contribution is 2.27. The van der Waals surface area contributed by atoms with Crippen LogP contribution in [0.5, 0.6) is 0 Å². The zero-order valence-electron chi connectivity index (χ0n) is 11.1. The van der Waals surface area contributed by atoms with Crippen LogP contribution in [0.25, 0.3) is 0 Å². The maximum absolute atomic E-state index is 5.76. The van der Waals surface area contributed by atoms with Crippen molar-refractivity contribution >= 4 is 17.4 Å². The molecule has 0 bridgehead atoms. The maximum atomic E-state index is 5.76. The lowest BCUT2D eigenvalue weighted by molar-refractivity contribution is 0.584. The zero-order chi connectivity index (χ0) is 13.1. The Kier molecular flexibility index (Phi) is 3.97. The van der Waals surface area contributed by atoms with E-state index in [1.54, 1.807) is 0 Å². The number of anilines is 1. The molecule has 0 atom stereocenters. The van der Waals surface area contributed by atoms with E-state index in [0.717, 1.165) is 11.4 Å². The molecule has 2 aromatic rings. The molecule has 1 aromatic carbocycles. The summed E-state index contributed by atoms with van der Waals surface area (Å²) in [7, 11) is 0. The second-order valence-electron chi connectivity index (χ2n) is 4.70. The fourth-order valence-electron chi connectivity index (χ4n) is 1.90. The SMILES string of the molecule is Cc1cc(N)ccc1SCc1cncn1C(C)C. The largest absolute Gasteiger partial charge is 0.399 e. The van der Waals surface area contributed by atoms with Crippen molar-refractivity contribution in [2.24, 2.45) is 0 Å². The number of hydrogen-bond acceptors (Lipinski definition) is 3. The van der Waals surface area contributed by atoms with Gasteiger partial charge < -0.3 is 10.3 Å². The highest BCUT2D eigenvalue weighted by molar-refractivity contribution is 7.98. The normalized spacial score (nSPS) is 11.1. The number of aromatic nitrogens is 2. The van der Waals surface area contributed by atoms with E-state index in [0.29, 0.717) is 6.04 Å². The van der Waals surface area contributed by atoms with E-state index in [4.69, 9.17) is 5.73 Å². The van der Waals surface area contributed by atoms with Crippen LogP contribution in [0.2, 0.25) is 0 Å². The number of benzene rings is 1. The highest BCUT2D eigenvalue weighted by Gasteiger charge is 2.07. The first-order chi connectivity index (χ1) is 8.58. The minimum absolute atomic E-state index is 0.454. The van der Waals surface area contributed by atoms with Crippen LogP contribution in [0.1, 0.15) is 31.1 Å². The molecule has 96 valence electrons. The fraction of sp³-hybridized carbons (Fsp3) is 0.357. The van der Waals surface area contributed by atoms with Crippen LogP contribution in [-0.2, 0) is 5.75 Å². The number of thioether (sulfide) groups is 1. The van der Waals surface area contributed by atoms with Gasteiger partial charge in [0, 0.05) is 34.3 Å². The highest BCUT2D eigenvalue weighted by atomic mass is 32.2. The molecule has 0 saturated heterocycles. The van der Waals surface area contributed by atoms with Gasteiger partial charge in [-0.25, -0.2) is 4.98 Å². The van der Waals surface area contributed by atoms with Crippen LogP contribution in [0, 0.1) is 6.92 Å². The Hall–Kier alpha value is -1.42. The predicted octanol–water partition coefficient (Wildman–Crippen LogP) is 3.65. The van der Waals surface area contributed by atoms with E-state index < -0.39 is 0 Å². The molecule has 0 unspecified atom stereocenters. The summed E-state index contributed by atoms with van der Waals surface area (Å²) in [4.78, 5) is 5.50. The number of nitrogen functional groups attached to an aromatic ring is 1. The smallest absolute Gasteiger partial charge is 0.0950 e. The van der Waals surface area contributed by atoms with Crippen LogP contribution >= 0.6 is 11.8 Å². The van der Waals surface area contributed by atoms with Crippen molar-refractivity contribution < 1.29 is 0 Å². The van der Waals surface area contributed by atoms with Crippen LogP contribution in [0.15, 0.2) is 35.6 Å². The molecule has 0 radical (unpaired) electrons. The van der Waals surface area contributed by atoms with Gasteiger partial charge in [0.1, 0.15) is 0 Å². The van der Waals surface area contributed by atoms with Gasteiger partial charge in [0.05, 0.1) is 6.33 Å². The average Bonchev–Trinajstić information content (AvgIpc) is 2.76. The predicted molar refractivity (Wildman–Crippen MR) is 77.8 cm³/mol. The number of aryl methyl sites for hydroxylation is 1. The Morgan fingerprint density at radius 1 is 1.39 bits per heavy atom. The molecule has 3 nitrogen and oxygen atoms in total. The van der Waals surface area contributed by atoms with E-state index in [9.17, 15) is 0 Å². The van der Waals surface area contributed by atoms with Crippen molar-refractivity contribution in [3.8, 4) is 0 Å². The average molecular weight is 261 g/mol. The lowest BCUT2D eigenvalue weighted by Gasteiger charge is -2.12. The molecule has 0 spiro atoms. The van der Waals surface area contributed by atoms with E-state index in [1.165, 1.54) is 16.2 Å². The van der Waals surface area contributed by atoms with Crippen molar-refractivity contribution in [2.45, 2.75) is 37.5 Å². The number of nitrogens with two attached hydrogens (primary N) is 1. The Balaban J connectivity index is 2.09. The van der Waals surface area contributed by atoms with Crippen molar-refractivity contribution in [2.75, 3.05) is 5.73 Å². The third-order valence-corrected chi connectivity index (χ3v) is 4.09. The lowest BCUT2D eigenvalue weighted by Crippen LogP contribution is -2.03. The first kappa shape index (κ1) is 13.0. The minimum atomic E-state index is 0.454. The third kappa shape index (κ3) is 2.88. The van der Waals surface area contributed by atoms with Crippen LogP contribution in [0.3, 0.4) is 0 Å². The molecular weight excluding hydrogens is 242 g/mol. The molecule has 0 aliphatic rings. The first-order valence-corrected chi connectivity index (χ1v) is 7.06. The van der Waals surface area contributed by atoms with Gasteiger partial charge in [0.2, 0.25) is 0 Å². The van der Waals surface area contributed by atoms with Gasteiger partial charge in [-0.15, -0.1) is 11.8 Å². The Labute approximate surface area is 112 Å². The molecule has 4 heteroatoms. The van der Waals surface area contributed by atoms with Gasteiger partial charge in [0.25, 0.3) is 0 Å². The Morgan fingerprint density at radius 3 is 2.83 bits per heavy atom. The van der Waals surface area contributed by atoms with Gasteiger partial charge in [0.15, 0.2) is 0 Å². The minimum Gasteiger partial charge on any atom is -0.399 e. The monoisotopic (exact) mass is 261 g/mol. The zero-order valence-corrected chi connectivity index (χ0v) is 11.9. The van der Waals surface area contributed by atoms with Crippen LogP contribution in [-0.4, -0.2) is 9.55 Å². The van der Waals surface area contributed by atoms with Crippen molar-refractivity contribution in [3.63, 3.8) is 0 Å². The second kappa shape index (κ2) is 5.48. The van der Waals surface area contributed by atoms with Crippen molar-refractivity contribution in [1.29, 1.82) is 0 Å². The van der Waals surface area contributed by atoms with E-state index in [1.807, 2.05) is 36.4 Å². The molecule has 1 aromatic heterocycles. The molecule has 0 saturated carbocycles. The van der Waals surface area contributed by atoms with Crippen molar-refractivity contribution in [3.05, 3.63) is 42.0 Å². The summed E-state index contributed by atoms with van der Waals surface area (Å²) in [6, 6.07) is 6.51. The summed E-state index contributed by atoms with van der Waals surface area (Å²) in [6.07, 6.45) is 3.84. The van der Waals surface area contributed by atoms with Gasteiger partial charge in [-0.3, -0.25) is 0 Å². The molecular formula is C14H19N3S. The molecule has 2 N–H and O–H groups in total. The molecule has 0 aliphatic heterocycles. The Bertz CT molecular complexity index is 532. The number of nitrogens with zero attached hydrogens (tertiary/aromatic N) is 2. The number of rotatable bonds is 4. The lowest BCUT2D eigenvalue weighted by atomic mass is 10.2. The molecule has 0 amide bonds. The molecule has 0 fully saturated rings. The molecule has 1 heterocycles. The molecule has 2 rings (SSSR count). The number of imidazole rings is 1. The van der Waals surface area contributed by atoms with Crippen molar-refractivity contribution in [1.82, 2.24) is 9.55 Å². The van der Waals surface area contributed by atoms with E-state index in [-0.39, 0.29) is 0 Å². The quantitative estimate of drug-likeness (QED) is 0.675. The summed E-state index contributed by atoms with van der Waals surface area (Å²) in [5, 5.41) is 0. The molecule has 0 aliphatic carbocycles. The van der Waals surface area contributed by atoms with Gasteiger partial charge in [-0.2, -0.15) is 0 Å². The first-order valence-electron chi connectivity index (χ1n) is 6.07. The van der Waals surface area contributed by atoms with Gasteiger partial charge >= 0.3 is 0 Å². The Morgan fingerprint density at radius 2 is 2.17 bits per heavy atom. The number of hydrogen-bond donors (Lipinski definition) is 1. The standard InChI is InChI=1S/C14H19N3S/c1-10(2)17-9-16-7-13(17)8-18-14-5-4-12(15)6-11(14)3/h4-7,9-10H,8,15H2,1-3H3. The maximum Gasteiger partial charge on any atom is 0.0950 e. The summed E-state index contributed by atoms with van der Waals surface area (Å²) >= 11 is 1.83. The summed E-state index contributed by atoms with van der Waals surface area (Å²) in [5.41, 5.74) is 9.07. The third-order valence-electron chi connectivity index (χ3n) is 2.88. The summed E-state index contributed by atoms with van der Waals surface area (Å²) in [5.74, 6) is 0.933. The van der Waals surface area contributed by atoms with Crippen LogP contribution in [0.4, 0.5) is 5.69 Å². The van der Waals surface area contributed by atoms with E-state index >= 15 is 0 Å². The second-order valence-corrected chi connectivity index (χ2v) is 5.72. The molecule has 18 heavy (non-hydrogen) atoms. The fourth-order valence-corrected chi connectivity index (χ4v) is 2.87. The summed E-state index contributed by atoms with van der Waals surface area (Å²) < 4.78 is 2.21.